The first kappa shape index (κ1) is 12.3. The standard InChI is InChI=1S/C15H15N5O/c21-15-11-7-4-3-6-10(11)13(17-19-15)14-18-16-12-8-2-1-5-9-20(12)14/h3-4,6-7H,1-2,5,8-9H2,(H,19,21). The zero-order chi connectivity index (χ0) is 14.2. The van der Waals surface area contributed by atoms with Crippen LogP contribution in [-0.2, 0) is 13.0 Å². The van der Waals surface area contributed by atoms with E-state index in [4.69, 9.17) is 0 Å². The van der Waals surface area contributed by atoms with Gasteiger partial charge in [-0.1, -0.05) is 24.6 Å². The molecule has 6 nitrogen and oxygen atoms in total. The number of fused-ring (bicyclic) bond motifs is 2. The summed E-state index contributed by atoms with van der Waals surface area (Å²) in [7, 11) is 0. The van der Waals surface area contributed by atoms with Crippen LogP contribution in [0, 0.1) is 0 Å². The molecule has 0 unspecified atom stereocenters. The van der Waals surface area contributed by atoms with Gasteiger partial charge in [-0.3, -0.25) is 4.79 Å². The summed E-state index contributed by atoms with van der Waals surface area (Å²) in [5, 5.41) is 16.9. The van der Waals surface area contributed by atoms with Gasteiger partial charge >= 0.3 is 0 Å². The average molecular weight is 281 g/mol. The normalized spacial score (nSPS) is 14.9. The molecular weight excluding hydrogens is 266 g/mol. The Balaban J connectivity index is 1.98. The quantitative estimate of drug-likeness (QED) is 0.739. The maximum Gasteiger partial charge on any atom is 0.272 e. The van der Waals surface area contributed by atoms with Crippen LogP contribution in [0.2, 0.25) is 0 Å². The Morgan fingerprint density at radius 1 is 1.05 bits per heavy atom. The summed E-state index contributed by atoms with van der Waals surface area (Å²) in [5.74, 6) is 1.76. The maximum atomic E-state index is 11.9. The van der Waals surface area contributed by atoms with E-state index in [0.717, 1.165) is 42.8 Å². The van der Waals surface area contributed by atoms with Crippen molar-refractivity contribution in [2.24, 2.45) is 0 Å². The third kappa shape index (κ3) is 1.94. The van der Waals surface area contributed by atoms with E-state index >= 15 is 0 Å². The molecule has 1 aliphatic heterocycles. The Hall–Kier alpha value is -2.50. The Morgan fingerprint density at radius 3 is 2.81 bits per heavy atom. The third-order valence-corrected chi connectivity index (χ3v) is 4.02. The van der Waals surface area contributed by atoms with Crippen LogP contribution in [0.25, 0.3) is 22.3 Å². The van der Waals surface area contributed by atoms with Crippen LogP contribution in [0.1, 0.15) is 25.1 Å². The number of rotatable bonds is 1. The molecular formula is C15H15N5O. The zero-order valence-corrected chi connectivity index (χ0v) is 11.5. The zero-order valence-electron chi connectivity index (χ0n) is 11.5. The van der Waals surface area contributed by atoms with E-state index in [-0.39, 0.29) is 5.56 Å². The van der Waals surface area contributed by atoms with Gasteiger partial charge in [0.05, 0.1) is 5.39 Å². The number of aromatic nitrogens is 5. The molecule has 1 aliphatic rings. The number of benzene rings is 1. The van der Waals surface area contributed by atoms with Gasteiger partial charge in [-0.15, -0.1) is 10.2 Å². The lowest BCUT2D eigenvalue weighted by Gasteiger charge is -2.08. The van der Waals surface area contributed by atoms with Crippen LogP contribution in [0.5, 0.6) is 0 Å². The van der Waals surface area contributed by atoms with Crippen molar-refractivity contribution in [3.8, 4) is 11.5 Å². The van der Waals surface area contributed by atoms with Crippen LogP contribution < -0.4 is 5.56 Å². The molecule has 4 rings (SSSR count). The summed E-state index contributed by atoms with van der Waals surface area (Å²) < 4.78 is 2.14. The van der Waals surface area contributed by atoms with E-state index in [1.165, 1.54) is 6.42 Å². The minimum Gasteiger partial charge on any atom is -0.310 e. The summed E-state index contributed by atoms with van der Waals surface area (Å²) in [4.78, 5) is 11.9. The van der Waals surface area contributed by atoms with E-state index < -0.39 is 0 Å². The van der Waals surface area contributed by atoms with Gasteiger partial charge in [-0.05, 0) is 18.9 Å². The van der Waals surface area contributed by atoms with Crippen molar-refractivity contribution < 1.29 is 0 Å². The molecule has 3 aromatic rings. The van der Waals surface area contributed by atoms with Crippen molar-refractivity contribution >= 4 is 10.8 Å². The highest BCUT2D eigenvalue weighted by molar-refractivity contribution is 5.92. The van der Waals surface area contributed by atoms with Gasteiger partial charge in [-0.2, -0.15) is 5.10 Å². The summed E-state index contributed by atoms with van der Waals surface area (Å²) in [6, 6.07) is 7.47. The first-order valence-corrected chi connectivity index (χ1v) is 7.24. The van der Waals surface area contributed by atoms with Gasteiger partial charge in [-0.25, -0.2) is 5.10 Å². The summed E-state index contributed by atoms with van der Waals surface area (Å²) in [6.45, 7) is 0.910. The highest BCUT2D eigenvalue weighted by Gasteiger charge is 2.19. The SMILES string of the molecule is O=c1[nH]nc(-c2nnc3n2CCCCC3)c2ccccc12. The number of hydrogen-bond donors (Lipinski definition) is 1. The number of nitrogens with one attached hydrogen (secondary N) is 1. The molecule has 106 valence electrons. The Morgan fingerprint density at radius 2 is 1.90 bits per heavy atom. The van der Waals surface area contributed by atoms with Gasteiger partial charge in [0, 0.05) is 18.4 Å². The molecule has 0 spiro atoms. The number of H-pyrrole nitrogens is 1. The van der Waals surface area contributed by atoms with Crippen LogP contribution in [-0.4, -0.2) is 25.0 Å². The minimum absolute atomic E-state index is 0.176. The van der Waals surface area contributed by atoms with Gasteiger partial charge in [0.15, 0.2) is 5.82 Å². The molecule has 0 amide bonds. The highest BCUT2D eigenvalue weighted by atomic mass is 16.1. The summed E-state index contributed by atoms with van der Waals surface area (Å²) in [5.41, 5.74) is 0.524. The molecule has 1 aromatic carbocycles. The molecule has 0 radical (unpaired) electrons. The van der Waals surface area contributed by atoms with Crippen molar-refractivity contribution in [3.63, 3.8) is 0 Å². The number of hydrogen-bond acceptors (Lipinski definition) is 4. The number of aryl methyl sites for hydroxylation is 1. The molecule has 0 atom stereocenters. The predicted molar refractivity (Wildman–Crippen MR) is 78.9 cm³/mol. The molecule has 6 heteroatoms. The highest BCUT2D eigenvalue weighted by Crippen LogP contribution is 2.25. The number of nitrogens with zero attached hydrogens (tertiary/aromatic N) is 4. The fraction of sp³-hybridized carbons (Fsp3) is 0.333. The lowest BCUT2D eigenvalue weighted by atomic mass is 10.1. The largest absolute Gasteiger partial charge is 0.310 e. The maximum absolute atomic E-state index is 11.9. The van der Waals surface area contributed by atoms with Crippen LogP contribution in [0.3, 0.4) is 0 Å². The van der Waals surface area contributed by atoms with Crippen molar-refractivity contribution in [3.05, 3.63) is 40.4 Å². The van der Waals surface area contributed by atoms with Gasteiger partial charge in [0.2, 0.25) is 0 Å². The minimum atomic E-state index is -0.176. The summed E-state index contributed by atoms with van der Waals surface area (Å²) >= 11 is 0. The van der Waals surface area contributed by atoms with E-state index in [1.54, 1.807) is 6.07 Å². The van der Waals surface area contributed by atoms with Crippen molar-refractivity contribution in [1.82, 2.24) is 25.0 Å². The Labute approximate surface area is 120 Å². The van der Waals surface area contributed by atoms with Crippen LogP contribution in [0.15, 0.2) is 29.1 Å². The Kier molecular flexibility index (Phi) is 2.80. The second-order valence-electron chi connectivity index (χ2n) is 5.35. The van der Waals surface area contributed by atoms with Gasteiger partial charge < -0.3 is 4.57 Å². The second-order valence-corrected chi connectivity index (χ2v) is 5.35. The molecule has 0 fully saturated rings. The average Bonchev–Trinajstić information content (AvgIpc) is 2.77. The first-order chi connectivity index (χ1) is 10.3. The van der Waals surface area contributed by atoms with E-state index in [9.17, 15) is 4.79 Å². The molecule has 0 aliphatic carbocycles. The lowest BCUT2D eigenvalue weighted by Crippen LogP contribution is -2.11. The van der Waals surface area contributed by atoms with E-state index in [1.807, 2.05) is 18.2 Å². The van der Waals surface area contributed by atoms with E-state index in [0.29, 0.717) is 11.1 Å². The van der Waals surface area contributed by atoms with Crippen molar-refractivity contribution in [1.29, 1.82) is 0 Å². The molecule has 0 bridgehead atoms. The van der Waals surface area contributed by atoms with Crippen LogP contribution in [0.4, 0.5) is 0 Å². The van der Waals surface area contributed by atoms with Gasteiger partial charge in [0.25, 0.3) is 5.56 Å². The Bertz CT molecular complexity index is 864. The van der Waals surface area contributed by atoms with Gasteiger partial charge in [0.1, 0.15) is 11.5 Å². The molecule has 21 heavy (non-hydrogen) atoms. The smallest absolute Gasteiger partial charge is 0.272 e. The molecule has 1 N–H and O–H groups in total. The monoisotopic (exact) mass is 281 g/mol. The fourth-order valence-electron chi connectivity index (χ4n) is 2.95. The van der Waals surface area contributed by atoms with Crippen molar-refractivity contribution in [2.75, 3.05) is 0 Å². The third-order valence-electron chi connectivity index (χ3n) is 4.02. The topological polar surface area (TPSA) is 76.5 Å². The second kappa shape index (κ2) is 4.80. The molecule has 3 heterocycles. The van der Waals surface area contributed by atoms with Crippen LogP contribution >= 0.6 is 0 Å². The lowest BCUT2D eigenvalue weighted by molar-refractivity contribution is 0.635. The molecule has 0 saturated heterocycles. The summed E-state index contributed by atoms with van der Waals surface area (Å²) in [6.07, 6.45) is 4.44. The molecule has 0 saturated carbocycles. The van der Waals surface area contributed by atoms with Crippen molar-refractivity contribution in [2.45, 2.75) is 32.2 Å². The first-order valence-electron chi connectivity index (χ1n) is 7.24. The molecule has 2 aromatic heterocycles. The predicted octanol–water partition coefficient (Wildman–Crippen LogP) is 1.91. The fourth-order valence-corrected chi connectivity index (χ4v) is 2.95. The number of aromatic amines is 1. The van der Waals surface area contributed by atoms with E-state index in [2.05, 4.69) is 25.0 Å².